The Morgan fingerprint density at radius 2 is 1.38 bits per heavy atom. The molecule has 1 fully saturated rings. The summed E-state index contributed by atoms with van der Waals surface area (Å²) in [5, 5.41) is 29.5. The quantitative estimate of drug-likeness (QED) is 0.198. The molecule has 1 aliphatic rings. The highest BCUT2D eigenvalue weighted by molar-refractivity contribution is 5.92. The van der Waals surface area contributed by atoms with Gasteiger partial charge in [0, 0.05) is 12.3 Å². The molecule has 10 nitrogen and oxygen atoms in total. The first-order valence-corrected chi connectivity index (χ1v) is 12.3. The molecule has 2 heterocycles. The van der Waals surface area contributed by atoms with Crippen molar-refractivity contribution < 1.29 is 29.7 Å². The summed E-state index contributed by atoms with van der Waals surface area (Å²) < 4.78 is 6.38. The van der Waals surface area contributed by atoms with Crippen molar-refractivity contribution in [3.05, 3.63) is 130 Å². The maximum Gasteiger partial charge on any atom is 0.351 e. The van der Waals surface area contributed by atoms with Crippen LogP contribution in [-0.2, 0) is 19.8 Å². The molecule has 0 amide bonds. The van der Waals surface area contributed by atoms with E-state index in [1.165, 1.54) is 12.3 Å². The van der Waals surface area contributed by atoms with E-state index in [1.807, 2.05) is 91.0 Å². The Bertz CT molecular complexity index is 1370. The van der Waals surface area contributed by atoms with Gasteiger partial charge in [-0.1, -0.05) is 91.0 Å². The van der Waals surface area contributed by atoms with Crippen molar-refractivity contribution in [2.24, 2.45) is 0 Å². The van der Waals surface area contributed by atoms with Crippen molar-refractivity contribution in [3.8, 4) is 0 Å². The number of nitrogens with one attached hydrogen (secondary N) is 1. The molecule has 200 valence electrons. The molecule has 4 N–H and O–H groups in total. The van der Waals surface area contributed by atoms with Crippen LogP contribution in [0.15, 0.2) is 108 Å². The van der Waals surface area contributed by atoms with E-state index in [0.29, 0.717) is 16.7 Å². The molecule has 4 aromatic rings. The van der Waals surface area contributed by atoms with Gasteiger partial charge in [-0.25, -0.2) is 15.1 Å². The van der Waals surface area contributed by atoms with Crippen molar-refractivity contribution in [1.29, 1.82) is 0 Å². The smallest absolute Gasteiger partial charge is 0.351 e. The van der Waals surface area contributed by atoms with Gasteiger partial charge in [0.15, 0.2) is 12.0 Å². The van der Waals surface area contributed by atoms with E-state index in [-0.39, 0.29) is 5.82 Å². The highest BCUT2D eigenvalue weighted by atomic mass is 16.7. The molecule has 0 aliphatic carbocycles. The van der Waals surface area contributed by atoms with Gasteiger partial charge in [-0.05, 0) is 16.7 Å². The normalized spacial score (nSPS) is 20.9. The Hall–Kier alpha value is -4.35. The van der Waals surface area contributed by atoms with Crippen molar-refractivity contribution in [2.75, 3.05) is 12.1 Å². The van der Waals surface area contributed by atoms with E-state index in [0.717, 1.165) is 4.57 Å². The van der Waals surface area contributed by atoms with Gasteiger partial charge in [0.1, 0.15) is 23.7 Å². The first kappa shape index (κ1) is 26.3. The SMILES string of the molecule is O=C(ONc1ccn([C@@H]2O[C@H](CO)[C@@H](O)[C@H]2O)c(=O)n1)C(c1ccccc1)(c1ccccc1)c1ccccc1. The summed E-state index contributed by atoms with van der Waals surface area (Å²) in [4.78, 5) is 36.2. The predicted molar refractivity (Wildman–Crippen MR) is 140 cm³/mol. The number of aliphatic hydroxyl groups is 3. The summed E-state index contributed by atoms with van der Waals surface area (Å²) >= 11 is 0. The van der Waals surface area contributed by atoms with Crippen LogP contribution in [0.1, 0.15) is 22.9 Å². The van der Waals surface area contributed by atoms with Crippen molar-refractivity contribution in [2.45, 2.75) is 30.0 Å². The summed E-state index contributed by atoms with van der Waals surface area (Å²) in [7, 11) is 0. The number of aliphatic hydroxyl groups excluding tert-OH is 3. The monoisotopic (exact) mass is 529 g/mol. The standard InChI is InChI=1S/C29H27N3O7/c33-18-22-24(34)25(35)26(38-22)32-17-16-23(30-28(32)37)31-39-27(36)29(19-10-4-1-5-11-19,20-12-6-2-7-13-20)21-14-8-3-9-15-21/h1-17,22,24-26,33-35H,18H2,(H,30,31,37)/t22-,24-,25-,26-/m1/s1. The molecule has 39 heavy (non-hydrogen) atoms. The van der Waals surface area contributed by atoms with Crippen LogP contribution in [-0.4, -0.2) is 55.8 Å². The number of benzene rings is 3. The molecule has 4 atom stereocenters. The maximum absolute atomic E-state index is 14.0. The highest BCUT2D eigenvalue weighted by Gasteiger charge is 2.46. The molecule has 3 aromatic carbocycles. The summed E-state index contributed by atoms with van der Waals surface area (Å²) in [5.74, 6) is -0.708. The first-order valence-electron chi connectivity index (χ1n) is 12.3. The zero-order valence-corrected chi connectivity index (χ0v) is 20.7. The van der Waals surface area contributed by atoms with Crippen LogP contribution in [0.25, 0.3) is 0 Å². The van der Waals surface area contributed by atoms with E-state index in [9.17, 15) is 24.9 Å². The largest absolute Gasteiger partial charge is 0.394 e. The fraction of sp³-hybridized carbons (Fsp3) is 0.207. The lowest BCUT2D eigenvalue weighted by Crippen LogP contribution is -2.41. The Balaban J connectivity index is 1.47. The number of nitrogens with zero attached hydrogens (tertiary/aromatic N) is 2. The summed E-state index contributed by atoms with van der Waals surface area (Å²) in [6.07, 6.45) is -3.81. The van der Waals surface area contributed by atoms with Crippen LogP contribution >= 0.6 is 0 Å². The lowest BCUT2D eigenvalue weighted by molar-refractivity contribution is -0.144. The van der Waals surface area contributed by atoms with Crippen LogP contribution in [0.5, 0.6) is 0 Å². The molecular formula is C29H27N3O7. The van der Waals surface area contributed by atoms with Gasteiger partial charge in [-0.15, -0.1) is 0 Å². The molecule has 0 unspecified atom stereocenters. The number of anilines is 1. The Morgan fingerprint density at radius 3 is 1.82 bits per heavy atom. The highest BCUT2D eigenvalue weighted by Crippen LogP contribution is 2.40. The molecule has 1 saturated heterocycles. The van der Waals surface area contributed by atoms with E-state index in [2.05, 4.69) is 10.5 Å². The molecule has 0 spiro atoms. The second-order valence-corrected chi connectivity index (χ2v) is 9.07. The molecule has 1 aliphatic heterocycles. The third kappa shape index (κ3) is 4.82. The third-order valence-corrected chi connectivity index (χ3v) is 6.80. The fourth-order valence-corrected chi connectivity index (χ4v) is 4.87. The number of hydrogen-bond donors (Lipinski definition) is 4. The number of carbonyl (C=O) groups is 1. The van der Waals surface area contributed by atoms with Gasteiger partial charge in [0.05, 0.1) is 6.61 Å². The van der Waals surface area contributed by atoms with Crippen LogP contribution in [0.2, 0.25) is 0 Å². The molecule has 5 rings (SSSR count). The van der Waals surface area contributed by atoms with Crippen molar-refractivity contribution in [3.63, 3.8) is 0 Å². The van der Waals surface area contributed by atoms with Gasteiger partial charge in [-0.2, -0.15) is 4.98 Å². The van der Waals surface area contributed by atoms with Crippen LogP contribution in [0.3, 0.4) is 0 Å². The topological polar surface area (TPSA) is 143 Å². The lowest BCUT2D eigenvalue weighted by Gasteiger charge is -2.33. The second kappa shape index (κ2) is 11.2. The number of aromatic nitrogens is 2. The minimum absolute atomic E-state index is 0.0561. The van der Waals surface area contributed by atoms with Crippen molar-refractivity contribution in [1.82, 2.24) is 9.55 Å². The summed E-state index contributed by atoms with van der Waals surface area (Å²) in [6.45, 7) is -0.529. The van der Waals surface area contributed by atoms with Crippen LogP contribution in [0, 0.1) is 0 Å². The molecule has 10 heteroatoms. The second-order valence-electron chi connectivity index (χ2n) is 9.07. The van der Waals surface area contributed by atoms with E-state index in [1.54, 1.807) is 0 Å². The van der Waals surface area contributed by atoms with Crippen molar-refractivity contribution >= 4 is 11.8 Å². The zero-order chi connectivity index (χ0) is 27.4. The van der Waals surface area contributed by atoms with Gasteiger partial charge < -0.3 is 24.9 Å². The average molecular weight is 530 g/mol. The first-order chi connectivity index (χ1) is 19.0. The van der Waals surface area contributed by atoms with E-state index in [4.69, 9.17) is 9.57 Å². The van der Waals surface area contributed by atoms with Gasteiger partial charge in [0.25, 0.3) is 0 Å². The van der Waals surface area contributed by atoms with E-state index < -0.39 is 48.2 Å². The predicted octanol–water partition coefficient (Wildman–Crippen LogP) is 1.76. The van der Waals surface area contributed by atoms with Gasteiger partial charge >= 0.3 is 11.7 Å². The third-order valence-electron chi connectivity index (χ3n) is 6.80. The number of hydrogen-bond acceptors (Lipinski definition) is 9. The lowest BCUT2D eigenvalue weighted by atomic mass is 9.69. The van der Waals surface area contributed by atoms with Crippen LogP contribution in [0.4, 0.5) is 5.82 Å². The molecular weight excluding hydrogens is 502 g/mol. The van der Waals surface area contributed by atoms with Crippen LogP contribution < -0.4 is 11.2 Å². The maximum atomic E-state index is 14.0. The van der Waals surface area contributed by atoms with Gasteiger partial charge in [0.2, 0.25) is 0 Å². The average Bonchev–Trinajstić information content (AvgIpc) is 3.27. The summed E-state index contributed by atoms with van der Waals surface area (Å²) in [6, 6.07) is 29.1. The molecule has 0 saturated carbocycles. The number of rotatable bonds is 8. The number of ether oxygens (including phenoxy) is 1. The Kier molecular flexibility index (Phi) is 7.53. The molecule has 0 bridgehead atoms. The number of carbonyl (C=O) groups excluding carboxylic acids is 1. The minimum atomic E-state index is -1.44. The summed E-state index contributed by atoms with van der Waals surface area (Å²) in [5.41, 5.74) is 2.37. The molecule has 1 aromatic heterocycles. The zero-order valence-electron chi connectivity index (χ0n) is 20.7. The van der Waals surface area contributed by atoms with Gasteiger partial charge in [-0.3, -0.25) is 4.57 Å². The fourth-order valence-electron chi connectivity index (χ4n) is 4.87. The Morgan fingerprint density at radius 1 is 0.872 bits per heavy atom. The molecule has 0 radical (unpaired) electrons. The minimum Gasteiger partial charge on any atom is -0.394 e. The Labute approximate surface area is 223 Å². The van der Waals surface area contributed by atoms with E-state index >= 15 is 0 Å².